The summed E-state index contributed by atoms with van der Waals surface area (Å²) in [4.78, 5) is 10.9. The monoisotopic (exact) mass is 155 g/mol. The molecule has 1 atom stereocenters. The summed E-state index contributed by atoms with van der Waals surface area (Å²) in [6.45, 7) is 0. The van der Waals surface area contributed by atoms with Gasteiger partial charge in [-0.25, -0.2) is 0 Å². The first kappa shape index (κ1) is 7.41. The van der Waals surface area contributed by atoms with Gasteiger partial charge in [-0.3, -0.25) is 4.79 Å². The lowest BCUT2D eigenvalue weighted by Crippen LogP contribution is -2.22. The van der Waals surface area contributed by atoms with Crippen molar-refractivity contribution < 1.29 is 4.79 Å². The Kier molecular flexibility index (Phi) is 2.57. The predicted molar refractivity (Wildman–Crippen MR) is 43.5 cm³/mol. The van der Waals surface area contributed by atoms with Crippen molar-refractivity contribution >= 4 is 18.7 Å². The molecule has 0 heterocycles. The van der Waals surface area contributed by atoms with Crippen LogP contribution in [0, 0.1) is 5.92 Å². The van der Waals surface area contributed by atoms with Crippen LogP contribution in [0.15, 0.2) is 24.3 Å². The van der Waals surface area contributed by atoms with E-state index in [0.717, 1.165) is 6.42 Å². The van der Waals surface area contributed by atoms with Crippen molar-refractivity contribution in [1.82, 2.24) is 4.72 Å². The number of allylic oxidation sites excluding steroid dienone is 3. The Morgan fingerprint density at radius 3 is 2.90 bits per heavy atom. The highest BCUT2D eigenvalue weighted by Crippen LogP contribution is 2.10. The number of amides is 1. The van der Waals surface area contributed by atoms with Gasteiger partial charge in [-0.15, -0.1) is 0 Å². The van der Waals surface area contributed by atoms with Crippen LogP contribution in [0.1, 0.15) is 6.42 Å². The smallest absolute Gasteiger partial charge is 0.236 e. The first-order chi connectivity index (χ1) is 4.84. The first-order valence-electron chi connectivity index (χ1n) is 3.12. The van der Waals surface area contributed by atoms with Gasteiger partial charge in [0.25, 0.3) is 0 Å². The summed E-state index contributed by atoms with van der Waals surface area (Å²) in [5, 5.41) is 0. The van der Waals surface area contributed by atoms with E-state index in [-0.39, 0.29) is 11.8 Å². The quantitative estimate of drug-likeness (QED) is 0.545. The standard InChI is InChI=1S/C7H9NOS/c9-7(8-10)6-4-2-1-3-5-6/h1-4,6,10H,5H2,(H,8,9). The summed E-state index contributed by atoms with van der Waals surface area (Å²) in [5.74, 6) is -0.0635. The van der Waals surface area contributed by atoms with Crippen molar-refractivity contribution in [3.05, 3.63) is 24.3 Å². The highest BCUT2D eigenvalue weighted by molar-refractivity contribution is 7.78. The minimum Gasteiger partial charge on any atom is -0.302 e. The van der Waals surface area contributed by atoms with Crippen molar-refractivity contribution in [1.29, 1.82) is 0 Å². The molecule has 0 aromatic carbocycles. The minimum absolute atomic E-state index is 0.0255. The molecule has 1 aliphatic carbocycles. The van der Waals surface area contributed by atoms with Gasteiger partial charge in [-0.05, 0) is 6.42 Å². The third-order valence-electron chi connectivity index (χ3n) is 1.43. The van der Waals surface area contributed by atoms with Crippen LogP contribution >= 0.6 is 12.8 Å². The molecule has 0 saturated carbocycles. The Morgan fingerprint density at radius 2 is 2.40 bits per heavy atom. The van der Waals surface area contributed by atoms with Crippen molar-refractivity contribution in [2.24, 2.45) is 5.92 Å². The summed E-state index contributed by atoms with van der Waals surface area (Å²) < 4.78 is 2.31. The Morgan fingerprint density at radius 1 is 1.60 bits per heavy atom. The zero-order valence-corrected chi connectivity index (χ0v) is 6.34. The number of thiol groups is 1. The molecule has 0 bridgehead atoms. The van der Waals surface area contributed by atoms with Gasteiger partial charge < -0.3 is 4.72 Å². The van der Waals surface area contributed by atoms with Gasteiger partial charge in [0.2, 0.25) is 5.91 Å². The fraction of sp³-hybridized carbons (Fsp3) is 0.286. The number of nitrogens with one attached hydrogen (secondary N) is 1. The van der Waals surface area contributed by atoms with Crippen molar-refractivity contribution in [2.75, 3.05) is 0 Å². The van der Waals surface area contributed by atoms with E-state index in [2.05, 4.69) is 17.5 Å². The molecule has 0 aliphatic heterocycles. The summed E-state index contributed by atoms with van der Waals surface area (Å²) in [6.07, 6.45) is 8.42. The molecule has 3 heteroatoms. The molecule has 1 amide bonds. The van der Waals surface area contributed by atoms with E-state index in [0.29, 0.717) is 0 Å². The molecule has 1 rings (SSSR count). The lowest BCUT2D eigenvalue weighted by atomic mass is 10.0. The fourth-order valence-corrected chi connectivity index (χ4v) is 1.02. The predicted octanol–water partition coefficient (Wildman–Crippen LogP) is 1.08. The number of rotatable bonds is 1. The normalized spacial score (nSPS) is 22.7. The van der Waals surface area contributed by atoms with Gasteiger partial charge in [0.1, 0.15) is 0 Å². The molecule has 54 valence electrons. The summed E-state index contributed by atoms with van der Waals surface area (Å²) >= 11 is 3.67. The molecule has 0 spiro atoms. The molecular weight excluding hydrogens is 146 g/mol. The molecule has 0 aromatic heterocycles. The highest BCUT2D eigenvalue weighted by atomic mass is 32.1. The van der Waals surface area contributed by atoms with Crippen LogP contribution in [-0.4, -0.2) is 5.91 Å². The van der Waals surface area contributed by atoms with Gasteiger partial charge >= 0.3 is 0 Å². The Labute approximate surface area is 65.5 Å². The van der Waals surface area contributed by atoms with Crippen molar-refractivity contribution in [3.8, 4) is 0 Å². The molecule has 0 fully saturated rings. The van der Waals surface area contributed by atoms with Crippen molar-refractivity contribution in [2.45, 2.75) is 6.42 Å². The van der Waals surface area contributed by atoms with E-state index in [9.17, 15) is 4.79 Å². The van der Waals surface area contributed by atoms with Gasteiger partial charge in [0, 0.05) is 0 Å². The average molecular weight is 155 g/mol. The summed E-state index contributed by atoms with van der Waals surface area (Å²) in [7, 11) is 0. The maximum Gasteiger partial charge on any atom is 0.236 e. The van der Waals surface area contributed by atoms with E-state index >= 15 is 0 Å². The van der Waals surface area contributed by atoms with E-state index in [1.807, 2.05) is 24.3 Å². The number of hydrogen-bond acceptors (Lipinski definition) is 2. The molecule has 10 heavy (non-hydrogen) atoms. The largest absolute Gasteiger partial charge is 0.302 e. The van der Waals surface area contributed by atoms with Crippen LogP contribution in [0.2, 0.25) is 0 Å². The number of carbonyl (C=O) groups excluding carboxylic acids is 1. The number of carbonyl (C=O) groups is 1. The second kappa shape index (κ2) is 3.46. The molecular formula is C7H9NOS. The molecule has 0 saturated heterocycles. The van der Waals surface area contributed by atoms with Crippen molar-refractivity contribution in [3.63, 3.8) is 0 Å². The fourth-order valence-electron chi connectivity index (χ4n) is 0.858. The maximum absolute atomic E-state index is 10.9. The van der Waals surface area contributed by atoms with Crippen LogP contribution in [0.3, 0.4) is 0 Å². The SMILES string of the molecule is O=C(NS)C1C=CC=CC1. The van der Waals surface area contributed by atoms with Crippen LogP contribution in [-0.2, 0) is 4.79 Å². The van der Waals surface area contributed by atoms with Gasteiger partial charge in [-0.2, -0.15) is 0 Å². The zero-order chi connectivity index (χ0) is 7.40. The van der Waals surface area contributed by atoms with E-state index in [1.54, 1.807) is 0 Å². The third kappa shape index (κ3) is 1.64. The Bertz CT molecular complexity index is 186. The second-order valence-electron chi connectivity index (χ2n) is 2.13. The van der Waals surface area contributed by atoms with E-state index in [4.69, 9.17) is 0 Å². The maximum atomic E-state index is 10.9. The lowest BCUT2D eigenvalue weighted by Gasteiger charge is -2.09. The minimum atomic E-state index is -0.0380. The first-order valence-corrected chi connectivity index (χ1v) is 3.56. The van der Waals surface area contributed by atoms with E-state index in [1.165, 1.54) is 0 Å². The molecule has 0 radical (unpaired) electrons. The molecule has 1 unspecified atom stereocenters. The average Bonchev–Trinajstić information content (AvgIpc) is 2.05. The van der Waals surface area contributed by atoms with Crippen LogP contribution in [0.25, 0.3) is 0 Å². The van der Waals surface area contributed by atoms with Gasteiger partial charge in [0.15, 0.2) is 0 Å². The Balaban J connectivity index is 2.51. The lowest BCUT2D eigenvalue weighted by molar-refractivity contribution is -0.121. The summed E-state index contributed by atoms with van der Waals surface area (Å²) in [5.41, 5.74) is 0. The second-order valence-corrected chi connectivity index (χ2v) is 2.35. The Hall–Kier alpha value is -0.700. The highest BCUT2D eigenvalue weighted by Gasteiger charge is 2.12. The molecule has 2 nitrogen and oxygen atoms in total. The topological polar surface area (TPSA) is 29.1 Å². The van der Waals surface area contributed by atoms with Crippen LogP contribution in [0.4, 0.5) is 0 Å². The van der Waals surface area contributed by atoms with Gasteiger partial charge in [-0.1, -0.05) is 37.1 Å². The van der Waals surface area contributed by atoms with Gasteiger partial charge in [0.05, 0.1) is 5.92 Å². The van der Waals surface area contributed by atoms with Crippen LogP contribution < -0.4 is 4.72 Å². The van der Waals surface area contributed by atoms with E-state index < -0.39 is 0 Å². The van der Waals surface area contributed by atoms with Crippen LogP contribution in [0.5, 0.6) is 0 Å². The molecule has 1 N–H and O–H groups in total. The number of hydrogen-bond donors (Lipinski definition) is 2. The summed E-state index contributed by atoms with van der Waals surface area (Å²) in [6, 6.07) is 0. The third-order valence-corrected chi connectivity index (χ3v) is 1.65. The molecule has 0 aromatic rings. The molecule has 1 aliphatic rings. The zero-order valence-electron chi connectivity index (χ0n) is 5.45.